The highest BCUT2D eigenvalue weighted by atomic mass is 35.5. The lowest BCUT2D eigenvalue weighted by molar-refractivity contribution is -0.125. The zero-order valence-corrected chi connectivity index (χ0v) is 14.8. The van der Waals surface area contributed by atoms with Gasteiger partial charge in [-0.2, -0.15) is 0 Å². The molecule has 3 rings (SSSR count). The fraction of sp³-hybridized carbons (Fsp3) is 0.211. The van der Waals surface area contributed by atoms with Gasteiger partial charge in [0.2, 0.25) is 17.7 Å². The molecule has 0 fully saturated rings. The van der Waals surface area contributed by atoms with Gasteiger partial charge in [-0.3, -0.25) is 14.4 Å². The number of amides is 3. The van der Waals surface area contributed by atoms with E-state index in [1.54, 1.807) is 36.4 Å². The highest BCUT2D eigenvalue weighted by Gasteiger charge is 2.26. The Balaban J connectivity index is 1.54. The maximum Gasteiger partial charge on any atom is 0.244 e. The van der Waals surface area contributed by atoms with Crippen LogP contribution in [0.25, 0.3) is 0 Å². The fourth-order valence-corrected chi connectivity index (χ4v) is 2.96. The van der Waals surface area contributed by atoms with Gasteiger partial charge in [-0.05, 0) is 29.8 Å². The molecule has 0 aromatic heterocycles. The van der Waals surface area contributed by atoms with Crippen molar-refractivity contribution in [3.05, 3.63) is 59.1 Å². The maximum atomic E-state index is 12.5. The Labute approximate surface area is 156 Å². The molecule has 2 aromatic carbocycles. The van der Waals surface area contributed by atoms with Crippen molar-refractivity contribution in [3.8, 4) is 0 Å². The third-order valence-corrected chi connectivity index (χ3v) is 4.25. The summed E-state index contributed by atoms with van der Waals surface area (Å²) in [5.74, 6) is -0.735. The predicted octanol–water partition coefficient (Wildman–Crippen LogP) is 2.72. The van der Waals surface area contributed by atoms with E-state index in [1.807, 2.05) is 12.1 Å². The van der Waals surface area contributed by atoms with Gasteiger partial charge in [0, 0.05) is 24.4 Å². The van der Waals surface area contributed by atoms with E-state index in [4.69, 9.17) is 11.6 Å². The summed E-state index contributed by atoms with van der Waals surface area (Å²) in [5.41, 5.74) is 2.14. The number of rotatable bonds is 5. The first-order valence-corrected chi connectivity index (χ1v) is 8.61. The highest BCUT2D eigenvalue weighted by molar-refractivity contribution is 6.30. The predicted molar refractivity (Wildman–Crippen MR) is 100.0 cm³/mol. The largest absolute Gasteiger partial charge is 0.352 e. The zero-order valence-electron chi connectivity index (χ0n) is 14.0. The lowest BCUT2D eigenvalue weighted by Gasteiger charge is -2.29. The molecule has 26 heavy (non-hydrogen) atoms. The molecule has 0 saturated heterocycles. The summed E-state index contributed by atoms with van der Waals surface area (Å²) in [6.45, 7) is 0.308. The number of nitrogens with zero attached hydrogens (tertiary/aromatic N) is 1. The Kier molecular flexibility index (Phi) is 5.53. The van der Waals surface area contributed by atoms with Gasteiger partial charge >= 0.3 is 0 Å². The number of hydrogen-bond acceptors (Lipinski definition) is 3. The second-order valence-corrected chi connectivity index (χ2v) is 6.39. The molecular weight excluding hydrogens is 354 g/mol. The number of fused-ring (bicyclic) bond motifs is 1. The van der Waals surface area contributed by atoms with Crippen molar-refractivity contribution >= 4 is 40.7 Å². The smallest absolute Gasteiger partial charge is 0.244 e. The van der Waals surface area contributed by atoms with Crippen LogP contribution in [0.1, 0.15) is 18.4 Å². The van der Waals surface area contributed by atoms with Gasteiger partial charge in [0.05, 0.1) is 11.4 Å². The lowest BCUT2D eigenvalue weighted by Crippen LogP contribution is -2.42. The van der Waals surface area contributed by atoms with Crippen LogP contribution in [-0.2, 0) is 20.9 Å². The number of nitrogens with one attached hydrogen (secondary N) is 2. The summed E-state index contributed by atoms with van der Waals surface area (Å²) in [6, 6.07) is 14.3. The van der Waals surface area contributed by atoms with Crippen LogP contribution in [0.15, 0.2) is 48.5 Å². The van der Waals surface area contributed by atoms with Crippen molar-refractivity contribution in [3.63, 3.8) is 0 Å². The van der Waals surface area contributed by atoms with Gasteiger partial charge in [0.25, 0.3) is 0 Å². The molecular formula is C19H18ClN3O3. The summed E-state index contributed by atoms with van der Waals surface area (Å²) in [4.78, 5) is 37.7. The third-order valence-electron chi connectivity index (χ3n) is 4.02. The summed E-state index contributed by atoms with van der Waals surface area (Å²) >= 11 is 5.91. The van der Waals surface area contributed by atoms with Gasteiger partial charge in [0.15, 0.2) is 0 Å². The molecule has 134 valence electrons. The SMILES string of the molecule is O=C(CCC(=O)N1CC(=O)Nc2ccccc21)NCc1cccc(Cl)c1. The third kappa shape index (κ3) is 4.40. The van der Waals surface area contributed by atoms with E-state index in [1.165, 1.54) is 4.90 Å². The van der Waals surface area contributed by atoms with Crippen LogP contribution in [-0.4, -0.2) is 24.3 Å². The van der Waals surface area contributed by atoms with Crippen molar-refractivity contribution < 1.29 is 14.4 Å². The van der Waals surface area contributed by atoms with Crippen LogP contribution < -0.4 is 15.5 Å². The van der Waals surface area contributed by atoms with Crippen molar-refractivity contribution in [2.75, 3.05) is 16.8 Å². The molecule has 0 bridgehead atoms. The van der Waals surface area contributed by atoms with E-state index in [0.29, 0.717) is 22.9 Å². The van der Waals surface area contributed by atoms with E-state index in [0.717, 1.165) is 5.56 Å². The number of anilines is 2. The van der Waals surface area contributed by atoms with Crippen LogP contribution in [0.4, 0.5) is 11.4 Å². The Morgan fingerprint density at radius 2 is 1.92 bits per heavy atom. The summed E-state index contributed by atoms with van der Waals surface area (Å²) < 4.78 is 0. The van der Waals surface area contributed by atoms with E-state index >= 15 is 0 Å². The molecule has 0 atom stereocenters. The zero-order chi connectivity index (χ0) is 18.5. The Hall–Kier alpha value is -2.86. The average molecular weight is 372 g/mol. The summed E-state index contributed by atoms with van der Waals surface area (Å²) in [7, 11) is 0. The molecule has 0 unspecified atom stereocenters. The van der Waals surface area contributed by atoms with Crippen LogP contribution in [0, 0.1) is 0 Å². The first-order chi connectivity index (χ1) is 12.5. The van der Waals surface area contributed by atoms with Gasteiger partial charge in [-0.1, -0.05) is 35.9 Å². The minimum Gasteiger partial charge on any atom is -0.352 e. The molecule has 6 nitrogen and oxygen atoms in total. The number of para-hydroxylation sites is 2. The van der Waals surface area contributed by atoms with Gasteiger partial charge < -0.3 is 15.5 Å². The summed E-state index contributed by atoms with van der Waals surface area (Å²) in [5, 5.41) is 6.10. The van der Waals surface area contributed by atoms with Gasteiger partial charge in [-0.25, -0.2) is 0 Å². The maximum absolute atomic E-state index is 12.5. The standard InChI is InChI=1S/C19H18ClN3O3/c20-14-5-3-4-13(10-14)11-21-17(24)8-9-19(26)23-12-18(25)22-15-6-1-2-7-16(15)23/h1-7,10H,8-9,11-12H2,(H,21,24)(H,22,25). The molecule has 1 aliphatic rings. The molecule has 7 heteroatoms. The molecule has 0 aliphatic carbocycles. The Bertz CT molecular complexity index is 853. The molecule has 1 aliphatic heterocycles. The van der Waals surface area contributed by atoms with E-state index < -0.39 is 0 Å². The highest BCUT2D eigenvalue weighted by Crippen LogP contribution is 2.29. The minimum atomic E-state index is -0.259. The summed E-state index contributed by atoms with van der Waals surface area (Å²) in [6.07, 6.45) is 0.0860. The number of halogens is 1. The number of hydrogen-bond donors (Lipinski definition) is 2. The quantitative estimate of drug-likeness (QED) is 0.848. The van der Waals surface area contributed by atoms with Crippen molar-refractivity contribution in [1.82, 2.24) is 5.32 Å². The van der Waals surface area contributed by atoms with Crippen LogP contribution in [0.3, 0.4) is 0 Å². The van der Waals surface area contributed by atoms with Crippen molar-refractivity contribution in [2.24, 2.45) is 0 Å². The van der Waals surface area contributed by atoms with Crippen molar-refractivity contribution in [2.45, 2.75) is 19.4 Å². The van der Waals surface area contributed by atoms with E-state index in [2.05, 4.69) is 10.6 Å². The molecule has 1 heterocycles. The van der Waals surface area contributed by atoms with Crippen LogP contribution >= 0.6 is 11.6 Å². The molecule has 2 N–H and O–H groups in total. The molecule has 0 saturated carbocycles. The monoisotopic (exact) mass is 371 g/mol. The first-order valence-electron chi connectivity index (χ1n) is 8.23. The fourth-order valence-electron chi connectivity index (χ4n) is 2.75. The number of benzene rings is 2. The van der Waals surface area contributed by atoms with E-state index in [-0.39, 0.29) is 37.1 Å². The Morgan fingerprint density at radius 1 is 1.12 bits per heavy atom. The van der Waals surface area contributed by atoms with Gasteiger partial charge in [0.1, 0.15) is 6.54 Å². The second kappa shape index (κ2) is 8.01. The van der Waals surface area contributed by atoms with Crippen LogP contribution in [0.2, 0.25) is 5.02 Å². The number of carbonyl (C=O) groups excluding carboxylic acids is 3. The number of carbonyl (C=O) groups is 3. The lowest BCUT2D eigenvalue weighted by atomic mass is 10.1. The molecule has 0 spiro atoms. The minimum absolute atomic E-state index is 0.0307. The molecule has 0 radical (unpaired) electrons. The Morgan fingerprint density at radius 3 is 2.73 bits per heavy atom. The normalized spacial score (nSPS) is 13.0. The second-order valence-electron chi connectivity index (χ2n) is 5.95. The van der Waals surface area contributed by atoms with Gasteiger partial charge in [-0.15, -0.1) is 0 Å². The molecule has 3 amide bonds. The van der Waals surface area contributed by atoms with Crippen LogP contribution in [0.5, 0.6) is 0 Å². The van der Waals surface area contributed by atoms with Crippen molar-refractivity contribution in [1.29, 1.82) is 0 Å². The van der Waals surface area contributed by atoms with E-state index in [9.17, 15) is 14.4 Å². The molecule has 2 aromatic rings. The average Bonchev–Trinajstić information content (AvgIpc) is 2.63. The topological polar surface area (TPSA) is 78.5 Å². The first kappa shape index (κ1) is 17.9.